The third-order valence-corrected chi connectivity index (χ3v) is 12.4. The highest BCUT2D eigenvalue weighted by atomic mass is 32.2. The molecule has 1 N–H and O–H groups in total. The lowest BCUT2D eigenvalue weighted by molar-refractivity contribution is -0.138. The van der Waals surface area contributed by atoms with E-state index in [-0.39, 0.29) is 27.9 Å². The highest BCUT2D eigenvalue weighted by Crippen LogP contribution is 2.56. The third kappa shape index (κ3) is 8.56. The topological polar surface area (TPSA) is 145 Å². The number of benzene rings is 1. The number of ketones is 1. The molecule has 2 aliphatic rings. The molecule has 0 spiro atoms. The smallest absolute Gasteiger partial charge is 0.273 e. The number of nitrogens with zero attached hydrogens (tertiary/aromatic N) is 3. The van der Waals surface area contributed by atoms with E-state index in [4.69, 9.17) is 9.47 Å². The molecular weight excluding hydrogens is 665 g/mol. The summed E-state index contributed by atoms with van der Waals surface area (Å²) in [6, 6.07) is 14.2. The van der Waals surface area contributed by atoms with Gasteiger partial charge in [-0.05, 0) is 69.2 Å². The van der Waals surface area contributed by atoms with Gasteiger partial charge in [-0.3, -0.25) is 14.4 Å². The van der Waals surface area contributed by atoms with Crippen LogP contribution in [0.3, 0.4) is 0 Å². The molecule has 2 saturated carbocycles. The highest BCUT2D eigenvalue weighted by Gasteiger charge is 2.57. The van der Waals surface area contributed by atoms with Crippen molar-refractivity contribution in [1.82, 2.24) is 19.6 Å². The van der Waals surface area contributed by atoms with E-state index >= 15 is 0 Å². The Labute approximate surface area is 292 Å². The minimum absolute atomic E-state index is 0.00491. The number of amides is 2. The SMILES string of the molecule is CC[C@]1(C(=O)NS(=O)(=O)c2cccs2)C[C@H]1/C=C\CCCCN(C)C(=O)[C@@H]1C[C@H](Oc2cc(OC)nc(-c3ccccc3)n2)C[C@H]1C(C)=O. The maximum absolute atomic E-state index is 13.5. The fourth-order valence-electron chi connectivity index (χ4n) is 6.63. The van der Waals surface area contributed by atoms with Crippen molar-refractivity contribution in [1.29, 1.82) is 0 Å². The molecule has 3 aromatic rings. The molecule has 0 saturated heterocycles. The molecule has 11 nitrogen and oxygen atoms in total. The monoisotopic (exact) mass is 708 g/mol. The van der Waals surface area contributed by atoms with Crippen molar-refractivity contribution in [3.8, 4) is 23.1 Å². The summed E-state index contributed by atoms with van der Waals surface area (Å²) in [5.74, 6) is -0.309. The number of rotatable bonds is 16. The van der Waals surface area contributed by atoms with Gasteiger partial charge in [0, 0.05) is 25.1 Å². The van der Waals surface area contributed by atoms with E-state index in [1.165, 1.54) is 20.1 Å². The lowest BCUT2D eigenvalue weighted by atomic mass is 9.91. The number of unbranched alkanes of at least 4 members (excludes halogenated alkanes) is 2. The van der Waals surface area contributed by atoms with Gasteiger partial charge < -0.3 is 14.4 Å². The molecule has 0 radical (unpaired) electrons. The second kappa shape index (κ2) is 15.6. The molecular formula is C36H44N4O7S2. The maximum atomic E-state index is 13.5. The Hall–Kier alpha value is -4.10. The van der Waals surface area contributed by atoms with Crippen LogP contribution in [0.25, 0.3) is 11.4 Å². The van der Waals surface area contributed by atoms with Crippen molar-refractivity contribution in [3.05, 3.63) is 66.1 Å². The average molecular weight is 709 g/mol. The van der Waals surface area contributed by atoms with Gasteiger partial charge in [-0.25, -0.2) is 13.1 Å². The van der Waals surface area contributed by atoms with E-state index in [1.54, 1.807) is 29.5 Å². The quantitative estimate of drug-likeness (QED) is 0.147. The fraction of sp³-hybridized carbons (Fsp3) is 0.472. The number of nitrogens with one attached hydrogen (secondary N) is 1. The number of hydrogen-bond donors (Lipinski definition) is 1. The van der Waals surface area contributed by atoms with Crippen LogP contribution in [0.1, 0.15) is 58.8 Å². The number of sulfonamides is 1. The van der Waals surface area contributed by atoms with E-state index in [9.17, 15) is 22.8 Å². The number of hydrogen-bond acceptors (Lipinski definition) is 10. The number of allylic oxidation sites excluding steroid dienone is 2. The number of carbonyl (C=O) groups is 3. The predicted molar refractivity (Wildman–Crippen MR) is 186 cm³/mol. The maximum Gasteiger partial charge on any atom is 0.273 e. The zero-order valence-corrected chi connectivity index (χ0v) is 30.0. The zero-order chi connectivity index (χ0) is 35.2. The first-order chi connectivity index (χ1) is 23.5. The first-order valence-electron chi connectivity index (χ1n) is 16.7. The number of methoxy groups -OCH3 is 1. The summed E-state index contributed by atoms with van der Waals surface area (Å²) in [5.41, 5.74) is 0.115. The Morgan fingerprint density at radius 3 is 2.47 bits per heavy atom. The van der Waals surface area contributed by atoms with Crippen molar-refractivity contribution in [3.63, 3.8) is 0 Å². The number of aromatic nitrogens is 2. The Bertz CT molecular complexity index is 1760. The van der Waals surface area contributed by atoms with Crippen LogP contribution < -0.4 is 14.2 Å². The average Bonchev–Trinajstić information content (AvgIpc) is 3.39. The van der Waals surface area contributed by atoms with Crippen LogP contribution >= 0.6 is 11.3 Å². The highest BCUT2D eigenvalue weighted by molar-refractivity contribution is 7.92. The molecule has 5 rings (SSSR count). The second-order valence-corrected chi connectivity index (χ2v) is 15.7. The molecule has 13 heteroatoms. The second-order valence-electron chi connectivity index (χ2n) is 12.8. The van der Waals surface area contributed by atoms with Gasteiger partial charge in [-0.2, -0.15) is 9.97 Å². The van der Waals surface area contributed by atoms with Gasteiger partial charge in [0.2, 0.25) is 23.6 Å². The fourth-order valence-corrected chi connectivity index (χ4v) is 8.69. The first kappa shape index (κ1) is 36.2. The van der Waals surface area contributed by atoms with Crippen molar-refractivity contribution >= 4 is 39.0 Å². The molecule has 2 aliphatic carbocycles. The van der Waals surface area contributed by atoms with Crippen molar-refractivity contribution in [2.75, 3.05) is 20.7 Å². The number of Topliss-reactive ketones (excluding diaryl/α,β-unsaturated/α-hetero) is 1. The van der Waals surface area contributed by atoms with Crippen LogP contribution in [0, 0.1) is 23.2 Å². The number of ether oxygens (including phenoxy) is 2. The van der Waals surface area contributed by atoms with Crippen molar-refractivity contribution in [2.45, 2.75) is 69.1 Å². The standard InChI is InChI=1S/C36H44N4O7S2/c1-5-36(35(43)39-49(44,45)32-17-13-19-48-32)23-26(36)16-11-6-7-12-18-40(3)34(42)29-21-27(20-28(29)24(2)41)47-31-22-30(46-4)37-33(38-31)25-14-9-8-10-15-25/h8-11,13-17,19,22,26-29H,5-7,12,18,20-21,23H2,1-4H3,(H,39,43)/b16-11-/t26-,27-,28+,29-,36+/m1/s1. The zero-order valence-electron chi connectivity index (χ0n) is 28.3. The van der Waals surface area contributed by atoms with E-state index in [0.29, 0.717) is 49.8 Å². The Kier molecular flexibility index (Phi) is 11.5. The van der Waals surface area contributed by atoms with Crippen molar-refractivity contribution in [2.24, 2.45) is 23.2 Å². The van der Waals surface area contributed by atoms with Crippen LogP contribution in [0.4, 0.5) is 0 Å². The molecule has 49 heavy (non-hydrogen) atoms. The minimum Gasteiger partial charge on any atom is -0.481 e. The Morgan fingerprint density at radius 2 is 1.80 bits per heavy atom. The van der Waals surface area contributed by atoms with E-state index < -0.39 is 33.2 Å². The molecule has 2 heterocycles. The molecule has 2 aromatic heterocycles. The van der Waals surface area contributed by atoms with Gasteiger partial charge in [0.25, 0.3) is 10.0 Å². The van der Waals surface area contributed by atoms with E-state index in [2.05, 4.69) is 14.7 Å². The van der Waals surface area contributed by atoms with Gasteiger partial charge >= 0.3 is 0 Å². The molecule has 0 unspecified atom stereocenters. The van der Waals surface area contributed by atoms with Gasteiger partial charge in [0.05, 0.1) is 24.5 Å². The van der Waals surface area contributed by atoms with Crippen LogP contribution in [0.15, 0.2) is 70.3 Å². The molecule has 2 fully saturated rings. The van der Waals surface area contributed by atoms with Gasteiger partial charge in [-0.1, -0.05) is 55.5 Å². The minimum atomic E-state index is -3.86. The predicted octanol–water partition coefficient (Wildman–Crippen LogP) is 5.68. The first-order valence-corrected chi connectivity index (χ1v) is 19.0. The Morgan fingerprint density at radius 1 is 1.06 bits per heavy atom. The number of thiophene rings is 1. The molecule has 2 amide bonds. The van der Waals surface area contributed by atoms with Crippen LogP contribution in [0.2, 0.25) is 0 Å². The summed E-state index contributed by atoms with van der Waals surface area (Å²) in [7, 11) is -0.562. The lowest BCUT2D eigenvalue weighted by Crippen LogP contribution is -2.37. The summed E-state index contributed by atoms with van der Waals surface area (Å²) in [5, 5.41) is 1.66. The molecule has 0 bridgehead atoms. The van der Waals surface area contributed by atoms with Gasteiger partial charge in [0.15, 0.2) is 5.82 Å². The molecule has 5 atom stereocenters. The Balaban J connectivity index is 1.09. The molecule has 1 aromatic carbocycles. The summed E-state index contributed by atoms with van der Waals surface area (Å²) >= 11 is 1.08. The van der Waals surface area contributed by atoms with Crippen LogP contribution in [-0.2, 0) is 24.4 Å². The van der Waals surface area contributed by atoms with E-state index in [1.807, 2.05) is 49.4 Å². The molecule has 0 aliphatic heterocycles. The normalized spacial score (nSPS) is 23.3. The summed E-state index contributed by atoms with van der Waals surface area (Å²) in [4.78, 5) is 49.8. The number of carbonyl (C=O) groups excluding carboxylic acids is 3. The van der Waals surface area contributed by atoms with Crippen molar-refractivity contribution < 1.29 is 32.3 Å². The summed E-state index contributed by atoms with van der Waals surface area (Å²) in [6.07, 6.45) is 8.09. The molecule has 262 valence electrons. The summed E-state index contributed by atoms with van der Waals surface area (Å²) < 4.78 is 39.1. The third-order valence-electron chi connectivity index (χ3n) is 9.63. The van der Waals surface area contributed by atoms with Crippen LogP contribution in [0.5, 0.6) is 11.8 Å². The lowest BCUT2D eigenvalue weighted by Gasteiger charge is -2.23. The van der Waals surface area contributed by atoms with E-state index in [0.717, 1.165) is 36.2 Å². The van der Waals surface area contributed by atoms with Crippen LogP contribution in [-0.4, -0.2) is 67.7 Å². The van der Waals surface area contributed by atoms with Gasteiger partial charge in [0.1, 0.15) is 16.1 Å². The van der Waals surface area contributed by atoms with Gasteiger partial charge in [-0.15, -0.1) is 11.3 Å². The summed E-state index contributed by atoms with van der Waals surface area (Å²) in [6.45, 7) is 3.98. The largest absolute Gasteiger partial charge is 0.481 e.